The zero-order valence-corrected chi connectivity index (χ0v) is 15.2. The van der Waals surface area contributed by atoms with Crippen molar-refractivity contribution in [2.75, 3.05) is 27.7 Å². The van der Waals surface area contributed by atoms with Gasteiger partial charge in [0.15, 0.2) is 0 Å². The smallest absolute Gasteiger partial charge is 0.220 e. The molecule has 1 amide bonds. The van der Waals surface area contributed by atoms with Crippen molar-refractivity contribution in [3.05, 3.63) is 0 Å². The van der Waals surface area contributed by atoms with Crippen LogP contribution in [0.1, 0.15) is 78.1 Å². The molecule has 0 aliphatic heterocycles. The van der Waals surface area contributed by atoms with Crippen molar-refractivity contribution in [3.8, 4) is 0 Å². The number of carbonyl (C=O) groups is 1. The molecule has 0 saturated heterocycles. The van der Waals surface area contributed by atoms with Crippen LogP contribution in [0.2, 0.25) is 0 Å². The number of hydrogen-bond donors (Lipinski definition) is 1. The van der Waals surface area contributed by atoms with Gasteiger partial charge in [0, 0.05) is 6.42 Å². The van der Waals surface area contributed by atoms with E-state index < -0.39 is 0 Å². The Labute approximate surface area is 133 Å². The summed E-state index contributed by atoms with van der Waals surface area (Å²) in [4.78, 5) is 11.8. The minimum atomic E-state index is 0.221. The van der Waals surface area contributed by atoms with Gasteiger partial charge in [-0.3, -0.25) is 4.79 Å². The van der Waals surface area contributed by atoms with Crippen molar-refractivity contribution in [2.24, 2.45) is 0 Å². The number of likely N-dealkylation sites (N-methyl/N-ethyl adjacent to an activating group) is 1. The Kier molecular flexibility index (Phi) is 11.7. The summed E-state index contributed by atoms with van der Waals surface area (Å²) >= 11 is 0. The molecule has 0 saturated carbocycles. The van der Waals surface area contributed by atoms with Gasteiger partial charge >= 0.3 is 0 Å². The molecule has 0 rings (SSSR count). The number of hydrogen-bond acceptors (Lipinski definition) is 1. The quantitative estimate of drug-likeness (QED) is 0.402. The number of nitrogens with one attached hydrogen (secondary N) is 1. The molecule has 0 aromatic rings. The second-order valence-electron chi connectivity index (χ2n) is 7.52. The maximum atomic E-state index is 11.8. The summed E-state index contributed by atoms with van der Waals surface area (Å²) in [7, 11) is 6.47. The second kappa shape index (κ2) is 12.0. The fourth-order valence-electron chi connectivity index (χ4n) is 2.81. The molecule has 0 spiro atoms. The molecule has 0 aliphatic carbocycles. The van der Waals surface area contributed by atoms with Crippen LogP contribution in [0.15, 0.2) is 0 Å². The predicted octanol–water partition coefficient (Wildman–Crippen LogP) is 4.12. The van der Waals surface area contributed by atoms with Crippen LogP contribution in [0.5, 0.6) is 0 Å². The third kappa shape index (κ3) is 15.6. The Bertz CT molecular complexity index is 258. The lowest BCUT2D eigenvalue weighted by molar-refractivity contribution is -0.871. The molecular weight excluding hydrogens is 260 g/mol. The first-order chi connectivity index (χ1) is 9.85. The zero-order chi connectivity index (χ0) is 16.1. The molecule has 1 atom stereocenters. The number of carbonyl (C=O) groups excluding carboxylic acids is 1. The number of unbranched alkanes of at least 4 members (excludes halogenated alkanes) is 8. The molecule has 1 unspecified atom stereocenters. The Morgan fingerprint density at radius 2 is 1.38 bits per heavy atom. The minimum Gasteiger partial charge on any atom is -0.348 e. The molecule has 0 bridgehead atoms. The molecule has 0 aromatic carbocycles. The number of nitrogens with zero attached hydrogens (tertiary/aromatic N) is 1. The van der Waals surface area contributed by atoms with Crippen LogP contribution in [0.4, 0.5) is 0 Å². The van der Waals surface area contributed by atoms with Crippen LogP contribution >= 0.6 is 0 Å². The Balaban J connectivity index is 3.42. The fourth-order valence-corrected chi connectivity index (χ4v) is 2.81. The Morgan fingerprint density at radius 1 is 0.905 bits per heavy atom. The topological polar surface area (TPSA) is 29.1 Å². The molecule has 3 heteroatoms. The highest BCUT2D eigenvalue weighted by atomic mass is 16.1. The van der Waals surface area contributed by atoms with E-state index in [0.29, 0.717) is 6.42 Å². The lowest BCUT2D eigenvalue weighted by Gasteiger charge is -2.27. The van der Waals surface area contributed by atoms with Crippen molar-refractivity contribution >= 4 is 5.91 Å². The van der Waals surface area contributed by atoms with Gasteiger partial charge in [-0.15, -0.1) is 0 Å². The molecule has 21 heavy (non-hydrogen) atoms. The van der Waals surface area contributed by atoms with Gasteiger partial charge in [-0.2, -0.15) is 0 Å². The van der Waals surface area contributed by atoms with Crippen LogP contribution in [-0.2, 0) is 4.79 Å². The van der Waals surface area contributed by atoms with E-state index in [4.69, 9.17) is 0 Å². The molecule has 0 fully saturated rings. The fraction of sp³-hybridized carbons (Fsp3) is 0.944. The molecular formula is C18H39N2O+. The van der Waals surface area contributed by atoms with Gasteiger partial charge in [0.2, 0.25) is 5.91 Å². The van der Waals surface area contributed by atoms with Crippen LogP contribution in [0, 0.1) is 0 Å². The number of amides is 1. The van der Waals surface area contributed by atoms with Crippen molar-refractivity contribution in [1.82, 2.24) is 5.32 Å². The largest absolute Gasteiger partial charge is 0.348 e. The normalized spacial score (nSPS) is 13.2. The summed E-state index contributed by atoms with van der Waals surface area (Å²) in [6.07, 6.45) is 12.4. The molecule has 1 N–H and O–H groups in total. The summed E-state index contributed by atoms with van der Waals surface area (Å²) in [5.74, 6) is 0.221. The first-order valence-corrected chi connectivity index (χ1v) is 8.95. The summed E-state index contributed by atoms with van der Waals surface area (Å²) < 4.78 is 0.888. The highest BCUT2D eigenvalue weighted by molar-refractivity contribution is 5.76. The minimum absolute atomic E-state index is 0.221. The summed E-state index contributed by atoms with van der Waals surface area (Å²) in [6, 6.07) is 0.260. The molecule has 126 valence electrons. The van der Waals surface area contributed by atoms with E-state index >= 15 is 0 Å². The van der Waals surface area contributed by atoms with E-state index in [-0.39, 0.29) is 11.9 Å². The van der Waals surface area contributed by atoms with Crippen LogP contribution in [0.3, 0.4) is 0 Å². The van der Waals surface area contributed by atoms with E-state index in [9.17, 15) is 4.79 Å². The van der Waals surface area contributed by atoms with Crippen molar-refractivity contribution < 1.29 is 9.28 Å². The average molecular weight is 300 g/mol. The number of quaternary nitrogens is 1. The molecule has 3 nitrogen and oxygen atoms in total. The summed E-state index contributed by atoms with van der Waals surface area (Å²) in [5, 5.41) is 3.11. The van der Waals surface area contributed by atoms with Crippen LogP contribution < -0.4 is 5.32 Å². The number of rotatable bonds is 13. The third-order valence-electron chi connectivity index (χ3n) is 3.74. The van der Waals surface area contributed by atoms with Crippen molar-refractivity contribution in [3.63, 3.8) is 0 Å². The first kappa shape index (κ1) is 20.4. The first-order valence-electron chi connectivity index (χ1n) is 8.95. The Morgan fingerprint density at radius 3 is 1.86 bits per heavy atom. The molecule has 0 radical (unpaired) electrons. The molecule has 0 aromatic heterocycles. The van der Waals surface area contributed by atoms with Gasteiger partial charge in [-0.05, 0) is 13.3 Å². The average Bonchev–Trinajstić information content (AvgIpc) is 2.34. The van der Waals surface area contributed by atoms with E-state index in [1.807, 2.05) is 0 Å². The third-order valence-corrected chi connectivity index (χ3v) is 3.74. The molecule has 0 heterocycles. The Hall–Kier alpha value is -0.570. The standard InChI is InChI=1S/C18H38N2O/c1-6-7-8-9-10-11-12-13-14-15-18(21)19-17(2)16-20(3,4)5/h17H,6-16H2,1-5H3/p+1. The van der Waals surface area contributed by atoms with E-state index in [1.54, 1.807) is 0 Å². The van der Waals surface area contributed by atoms with Gasteiger partial charge < -0.3 is 9.80 Å². The van der Waals surface area contributed by atoms with Crippen molar-refractivity contribution in [2.45, 2.75) is 84.1 Å². The summed E-state index contributed by atoms with van der Waals surface area (Å²) in [5.41, 5.74) is 0. The van der Waals surface area contributed by atoms with E-state index in [1.165, 1.54) is 51.4 Å². The maximum absolute atomic E-state index is 11.8. The monoisotopic (exact) mass is 299 g/mol. The highest BCUT2D eigenvalue weighted by Crippen LogP contribution is 2.10. The lowest BCUT2D eigenvalue weighted by Crippen LogP contribution is -2.47. The van der Waals surface area contributed by atoms with Gasteiger partial charge in [-0.1, -0.05) is 58.3 Å². The molecule has 0 aliphatic rings. The van der Waals surface area contributed by atoms with Gasteiger partial charge in [-0.25, -0.2) is 0 Å². The van der Waals surface area contributed by atoms with Crippen LogP contribution in [0.25, 0.3) is 0 Å². The maximum Gasteiger partial charge on any atom is 0.220 e. The van der Waals surface area contributed by atoms with Gasteiger partial charge in [0.1, 0.15) is 0 Å². The predicted molar refractivity (Wildman–Crippen MR) is 92.3 cm³/mol. The van der Waals surface area contributed by atoms with Crippen LogP contribution in [-0.4, -0.2) is 44.1 Å². The van der Waals surface area contributed by atoms with E-state index in [2.05, 4.69) is 40.3 Å². The van der Waals surface area contributed by atoms with Crippen molar-refractivity contribution in [1.29, 1.82) is 0 Å². The van der Waals surface area contributed by atoms with Gasteiger partial charge in [0.25, 0.3) is 0 Å². The SMILES string of the molecule is CCCCCCCCCCCC(=O)NC(C)C[N+](C)(C)C. The highest BCUT2D eigenvalue weighted by Gasteiger charge is 2.15. The second-order valence-corrected chi connectivity index (χ2v) is 7.52. The lowest BCUT2D eigenvalue weighted by atomic mass is 10.1. The van der Waals surface area contributed by atoms with Gasteiger partial charge in [0.05, 0.1) is 33.7 Å². The zero-order valence-electron chi connectivity index (χ0n) is 15.2. The summed E-state index contributed by atoms with van der Waals surface area (Å²) in [6.45, 7) is 5.33. The van der Waals surface area contributed by atoms with E-state index in [0.717, 1.165) is 17.4 Å².